The fourth-order valence-corrected chi connectivity index (χ4v) is 1.23. The third-order valence-corrected chi connectivity index (χ3v) is 2.22. The molecule has 0 aliphatic heterocycles. The molecule has 0 atom stereocenters. The number of nitrogens with one attached hydrogen (secondary N) is 1. The Kier molecular flexibility index (Phi) is 8.61. The van der Waals surface area contributed by atoms with E-state index in [2.05, 4.69) is 5.32 Å². The minimum atomic E-state index is 0.528. The van der Waals surface area contributed by atoms with Gasteiger partial charge in [-0.05, 0) is 44.2 Å². The molecule has 0 aliphatic carbocycles. The van der Waals surface area contributed by atoms with Crippen LogP contribution in [0.15, 0.2) is 29.2 Å². The molecular formula is C11H19N3OS. The summed E-state index contributed by atoms with van der Waals surface area (Å²) in [5.41, 5.74) is 1.09. The van der Waals surface area contributed by atoms with Crippen LogP contribution in [0.25, 0.3) is 0 Å². The molecule has 0 saturated heterocycles. The molecule has 0 fully saturated rings. The monoisotopic (exact) mass is 241 g/mol. The predicted molar refractivity (Wildman–Crippen MR) is 70.7 cm³/mol. The van der Waals surface area contributed by atoms with E-state index in [-0.39, 0.29) is 0 Å². The molecule has 0 radical (unpaired) electrons. The molecule has 1 rings (SSSR count). The summed E-state index contributed by atoms with van der Waals surface area (Å²) in [5, 5.41) is 8.40. The third-order valence-electron chi connectivity index (χ3n) is 1.70. The van der Waals surface area contributed by atoms with Gasteiger partial charge in [-0.25, -0.2) is 0 Å². The van der Waals surface area contributed by atoms with E-state index >= 15 is 0 Å². The molecule has 0 aliphatic rings. The minimum Gasteiger partial charge on any atom is -0.388 e. The van der Waals surface area contributed by atoms with Gasteiger partial charge in [0.25, 0.3) is 0 Å². The third kappa shape index (κ3) is 7.28. The Morgan fingerprint density at radius 3 is 2.56 bits per heavy atom. The van der Waals surface area contributed by atoms with Gasteiger partial charge < -0.3 is 15.0 Å². The largest absolute Gasteiger partial charge is 0.388 e. The standard InChI is InChI=1S/C7H10N2S.C4H9NO/c1-9-6-3-2-4-7(5-6)10-8;1-5(2)3-4-6/h2-5,9H,8H2,1H3;4H,3H2,1-2H3. The highest BCUT2D eigenvalue weighted by atomic mass is 32.2. The van der Waals surface area contributed by atoms with Crippen LogP contribution in [0.3, 0.4) is 0 Å². The van der Waals surface area contributed by atoms with Crippen molar-refractivity contribution in [2.75, 3.05) is 33.0 Å². The maximum absolute atomic E-state index is 9.57. The summed E-state index contributed by atoms with van der Waals surface area (Å²) in [6, 6.07) is 7.96. The summed E-state index contributed by atoms with van der Waals surface area (Å²) in [6.45, 7) is 0.528. The van der Waals surface area contributed by atoms with Gasteiger partial charge in [0.15, 0.2) is 0 Å². The molecule has 16 heavy (non-hydrogen) atoms. The summed E-state index contributed by atoms with van der Waals surface area (Å²) in [6.07, 6.45) is 0.875. The second-order valence-corrected chi connectivity index (χ2v) is 4.03. The van der Waals surface area contributed by atoms with Crippen molar-refractivity contribution < 1.29 is 4.79 Å². The molecule has 4 nitrogen and oxygen atoms in total. The molecule has 3 N–H and O–H groups in total. The number of nitrogens with zero attached hydrogens (tertiary/aromatic N) is 1. The number of anilines is 1. The van der Waals surface area contributed by atoms with Gasteiger partial charge in [-0.15, -0.1) is 0 Å². The summed E-state index contributed by atoms with van der Waals surface area (Å²) in [4.78, 5) is 12.5. The summed E-state index contributed by atoms with van der Waals surface area (Å²) < 4.78 is 0. The fraction of sp³-hybridized carbons (Fsp3) is 0.364. The number of rotatable bonds is 4. The van der Waals surface area contributed by atoms with E-state index in [1.165, 1.54) is 11.9 Å². The van der Waals surface area contributed by atoms with Crippen molar-refractivity contribution in [1.82, 2.24) is 4.90 Å². The normalized spacial score (nSPS) is 9.31. The molecular weight excluding hydrogens is 222 g/mol. The van der Waals surface area contributed by atoms with E-state index in [0.717, 1.165) is 16.9 Å². The number of benzene rings is 1. The van der Waals surface area contributed by atoms with E-state index in [1.807, 2.05) is 50.3 Å². The van der Waals surface area contributed by atoms with Crippen LogP contribution in [0.2, 0.25) is 0 Å². The first kappa shape index (κ1) is 15.0. The minimum absolute atomic E-state index is 0.528. The Hall–Kier alpha value is -1.04. The van der Waals surface area contributed by atoms with Gasteiger partial charge in [-0.1, -0.05) is 6.07 Å². The van der Waals surface area contributed by atoms with E-state index in [1.54, 1.807) is 0 Å². The zero-order chi connectivity index (χ0) is 12.4. The topological polar surface area (TPSA) is 58.4 Å². The van der Waals surface area contributed by atoms with Gasteiger partial charge in [0.2, 0.25) is 0 Å². The summed E-state index contributed by atoms with van der Waals surface area (Å²) in [7, 11) is 5.60. The molecule has 0 aromatic heterocycles. The Morgan fingerprint density at radius 1 is 1.50 bits per heavy atom. The van der Waals surface area contributed by atoms with E-state index in [4.69, 9.17) is 5.14 Å². The first-order valence-corrected chi connectivity index (χ1v) is 5.75. The SMILES string of the molecule is CN(C)CC=O.CNc1cccc(SN)c1. The van der Waals surface area contributed by atoms with Crippen LogP contribution in [0.1, 0.15) is 0 Å². The van der Waals surface area contributed by atoms with Gasteiger partial charge >= 0.3 is 0 Å². The van der Waals surface area contributed by atoms with Crippen LogP contribution in [0.5, 0.6) is 0 Å². The second kappa shape index (κ2) is 9.21. The van der Waals surface area contributed by atoms with Crippen LogP contribution in [0, 0.1) is 0 Å². The number of hydrogen-bond donors (Lipinski definition) is 2. The Balaban J connectivity index is 0.000000325. The molecule has 0 spiro atoms. The van der Waals surface area contributed by atoms with Crippen molar-refractivity contribution in [1.29, 1.82) is 0 Å². The number of nitrogens with two attached hydrogens (primary N) is 1. The number of likely N-dealkylation sites (N-methyl/N-ethyl adjacent to an activating group) is 1. The smallest absolute Gasteiger partial charge is 0.133 e. The molecule has 0 bridgehead atoms. The van der Waals surface area contributed by atoms with Crippen molar-refractivity contribution in [2.45, 2.75) is 4.90 Å². The molecule has 0 amide bonds. The fourth-order valence-electron chi connectivity index (χ4n) is 0.874. The average Bonchev–Trinajstić information content (AvgIpc) is 2.29. The molecule has 0 heterocycles. The van der Waals surface area contributed by atoms with Crippen LogP contribution in [-0.4, -0.2) is 38.9 Å². The van der Waals surface area contributed by atoms with Crippen LogP contribution in [0.4, 0.5) is 5.69 Å². The van der Waals surface area contributed by atoms with E-state index in [9.17, 15) is 4.79 Å². The van der Waals surface area contributed by atoms with Crippen LogP contribution < -0.4 is 10.5 Å². The van der Waals surface area contributed by atoms with Gasteiger partial charge in [-0.3, -0.25) is 5.14 Å². The van der Waals surface area contributed by atoms with E-state index in [0.29, 0.717) is 6.54 Å². The van der Waals surface area contributed by atoms with Gasteiger partial charge in [0.1, 0.15) is 6.29 Å². The van der Waals surface area contributed by atoms with Gasteiger partial charge in [0.05, 0.1) is 6.54 Å². The molecule has 90 valence electrons. The Morgan fingerprint density at radius 2 is 2.19 bits per heavy atom. The maximum Gasteiger partial charge on any atom is 0.133 e. The lowest BCUT2D eigenvalue weighted by atomic mass is 10.3. The van der Waals surface area contributed by atoms with Crippen molar-refractivity contribution in [2.24, 2.45) is 5.14 Å². The first-order chi connectivity index (χ1) is 7.63. The highest BCUT2D eigenvalue weighted by Gasteiger charge is 1.90. The van der Waals surface area contributed by atoms with Crippen molar-refractivity contribution >= 4 is 23.9 Å². The van der Waals surface area contributed by atoms with E-state index < -0.39 is 0 Å². The zero-order valence-corrected chi connectivity index (χ0v) is 10.8. The highest BCUT2D eigenvalue weighted by molar-refractivity contribution is 7.97. The Labute approximate surface area is 101 Å². The lowest BCUT2D eigenvalue weighted by molar-refractivity contribution is -0.108. The van der Waals surface area contributed by atoms with Crippen molar-refractivity contribution in [3.05, 3.63) is 24.3 Å². The molecule has 0 saturated carbocycles. The first-order valence-electron chi connectivity index (χ1n) is 4.87. The number of carbonyl (C=O) groups is 1. The maximum atomic E-state index is 9.57. The quantitative estimate of drug-likeness (QED) is 0.617. The van der Waals surface area contributed by atoms with Crippen LogP contribution >= 0.6 is 11.9 Å². The number of aldehydes is 1. The van der Waals surface area contributed by atoms with Gasteiger partial charge in [0, 0.05) is 17.6 Å². The summed E-state index contributed by atoms with van der Waals surface area (Å²) in [5.74, 6) is 0. The number of hydrogen-bond acceptors (Lipinski definition) is 5. The Bertz CT molecular complexity index is 286. The molecule has 0 unspecified atom stereocenters. The van der Waals surface area contributed by atoms with Crippen molar-refractivity contribution in [3.63, 3.8) is 0 Å². The highest BCUT2D eigenvalue weighted by Crippen LogP contribution is 2.15. The van der Waals surface area contributed by atoms with Gasteiger partial charge in [-0.2, -0.15) is 0 Å². The van der Waals surface area contributed by atoms with Crippen LogP contribution in [-0.2, 0) is 4.79 Å². The van der Waals surface area contributed by atoms with Crippen molar-refractivity contribution in [3.8, 4) is 0 Å². The molecule has 1 aromatic carbocycles. The molecule has 5 heteroatoms. The number of carbonyl (C=O) groups excluding carboxylic acids is 1. The predicted octanol–water partition coefficient (Wildman–Crippen LogP) is 1.44. The molecule has 1 aromatic rings. The zero-order valence-electron chi connectivity index (χ0n) is 9.93. The average molecular weight is 241 g/mol. The lowest BCUT2D eigenvalue weighted by Gasteiger charge is -2.00. The summed E-state index contributed by atoms with van der Waals surface area (Å²) >= 11 is 1.26. The lowest BCUT2D eigenvalue weighted by Crippen LogP contribution is -2.13. The second-order valence-electron chi connectivity index (χ2n) is 3.32.